The molecule has 1 atom stereocenters. The van der Waals surface area contributed by atoms with Crippen LogP contribution in [-0.4, -0.2) is 39.4 Å². The lowest BCUT2D eigenvalue weighted by atomic mass is 10.0. The number of Topliss-reactive ketones (excluding diaryl/α,β-unsaturated/α-hetero) is 1. The second-order valence-corrected chi connectivity index (χ2v) is 8.15. The molecule has 1 aromatic heterocycles. The van der Waals surface area contributed by atoms with Crippen LogP contribution in [0.1, 0.15) is 27.5 Å². The van der Waals surface area contributed by atoms with Crippen molar-refractivity contribution >= 4 is 34.9 Å². The molecule has 2 aromatic carbocycles. The van der Waals surface area contributed by atoms with Gasteiger partial charge in [-0.15, -0.1) is 0 Å². The zero-order valence-corrected chi connectivity index (χ0v) is 18.9. The topological polar surface area (TPSA) is 79.6 Å². The Morgan fingerprint density at radius 2 is 1.78 bits per heavy atom. The van der Waals surface area contributed by atoms with Crippen molar-refractivity contribution < 1.29 is 14.7 Å². The maximum absolute atomic E-state index is 13.6. The summed E-state index contributed by atoms with van der Waals surface area (Å²) in [7, 11) is 0. The first-order chi connectivity index (χ1) is 15.3. The van der Waals surface area contributed by atoms with Gasteiger partial charge in [0.05, 0.1) is 11.6 Å². The minimum Gasteiger partial charge on any atom is -0.395 e. The molecule has 0 aliphatic carbocycles. The predicted octanol–water partition coefficient (Wildman–Crippen LogP) is 3.91. The molecule has 0 saturated heterocycles. The van der Waals surface area contributed by atoms with E-state index in [1.54, 1.807) is 13.0 Å². The maximum Gasteiger partial charge on any atom is 0.254 e. The van der Waals surface area contributed by atoms with E-state index in [1.165, 1.54) is 35.4 Å². The lowest BCUT2D eigenvalue weighted by molar-refractivity contribution is -0.134. The quantitative estimate of drug-likeness (QED) is 0.398. The first kappa shape index (κ1) is 23.7. The molecular weight excluding hydrogens is 451 g/mol. The van der Waals surface area contributed by atoms with E-state index < -0.39 is 23.3 Å². The van der Waals surface area contributed by atoms with Crippen molar-refractivity contribution in [1.29, 1.82) is 0 Å². The molecule has 0 aliphatic rings. The number of aromatic nitrogens is 1. The lowest BCUT2D eigenvalue weighted by Crippen LogP contribution is -2.44. The van der Waals surface area contributed by atoms with Gasteiger partial charge in [0.1, 0.15) is 0 Å². The lowest BCUT2D eigenvalue weighted by Gasteiger charge is -2.27. The number of hydrogen-bond acceptors (Lipinski definition) is 4. The standard InChI is InChI=1S/C24H22Cl2N2O4/c1-16-9-10-28(21(30)13-16)22(23(31)19-8-7-18(25)14-20(19)26)24(32)27(11-12-29)15-17-5-3-2-4-6-17/h2-10,13-14,22,29H,11-12,15H2,1H3/t22-/m0/s1. The summed E-state index contributed by atoms with van der Waals surface area (Å²) in [6.45, 7) is 1.60. The van der Waals surface area contributed by atoms with Gasteiger partial charge in [-0.1, -0.05) is 53.5 Å². The van der Waals surface area contributed by atoms with Crippen LogP contribution in [0.25, 0.3) is 0 Å². The summed E-state index contributed by atoms with van der Waals surface area (Å²) in [5.41, 5.74) is 1.10. The molecule has 3 rings (SSSR count). The average molecular weight is 473 g/mol. The van der Waals surface area contributed by atoms with Crippen LogP contribution in [0.5, 0.6) is 0 Å². The second kappa shape index (κ2) is 10.6. The van der Waals surface area contributed by atoms with Gasteiger partial charge >= 0.3 is 0 Å². The highest BCUT2D eigenvalue weighted by Gasteiger charge is 2.34. The van der Waals surface area contributed by atoms with E-state index in [-0.39, 0.29) is 30.3 Å². The van der Waals surface area contributed by atoms with Crippen molar-refractivity contribution in [2.45, 2.75) is 19.5 Å². The first-order valence-electron chi connectivity index (χ1n) is 9.93. The van der Waals surface area contributed by atoms with Crippen LogP contribution in [-0.2, 0) is 11.3 Å². The Morgan fingerprint density at radius 1 is 1.06 bits per heavy atom. The summed E-state index contributed by atoms with van der Waals surface area (Å²) in [6.07, 6.45) is 1.42. The summed E-state index contributed by atoms with van der Waals surface area (Å²) in [4.78, 5) is 41.2. The summed E-state index contributed by atoms with van der Waals surface area (Å²) in [6, 6.07) is 15.0. The number of carbonyl (C=O) groups excluding carboxylic acids is 2. The Labute approximate surface area is 195 Å². The maximum atomic E-state index is 13.6. The number of benzene rings is 2. The van der Waals surface area contributed by atoms with Crippen molar-refractivity contribution in [3.05, 3.63) is 104 Å². The molecule has 166 valence electrons. The van der Waals surface area contributed by atoms with E-state index in [4.69, 9.17) is 23.2 Å². The van der Waals surface area contributed by atoms with Gasteiger partial charge in [0.15, 0.2) is 11.8 Å². The third kappa shape index (κ3) is 5.46. The number of nitrogens with zero attached hydrogens (tertiary/aromatic N) is 2. The molecule has 0 radical (unpaired) electrons. The van der Waals surface area contributed by atoms with Crippen LogP contribution < -0.4 is 5.56 Å². The zero-order chi connectivity index (χ0) is 23.3. The van der Waals surface area contributed by atoms with Crippen LogP contribution in [0.4, 0.5) is 0 Å². The van der Waals surface area contributed by atoms with E-state index in [0.29, 0.717) is 10.6 Å². The van der Waals surface area contributed by atoms with Gasteiger partial charge in [0.2, 0.25) is 0 Å². The van der Waals surface area contributed by atoms with Crippen molar-refractivity contribution in [3.63, 3.8) is 0 Å². The Bertz CT molecular complexity index is 1180. The zero-order valence-electron chi connectivity index (χ0n) is 17.4. The minimum atomic E-state index is -1.49. The smallest absolute Gasteiger partial charge is 0.254 e. The van der Waals surface area contributed by atoms with Gasteiger partial charge in [-0.3, -0.25) is 19.0 Å². The molecule has 1 N–H and O–H groups in total. The van der Waals surface area contributed by atoms with E-state index in [2.05, 4.69) is 0 Å². The summed E-state index contributed by atoms with van der Waals surface area (Å²) < 4.78 is 1.10. The number of aliphatic hydroxyl groups excluding tert-OH is 1. The van der Waals surface area contributed by atoms with Gasteiger partial charge in [-0.2, -0.15) is 0 Å². The number of hydrogen-bond donors (Lipinski definition) is 1. The number of aryl methyl sites for hydroxylation is 1. The van der Waals surface area contributed by atoms with Crippen LogP contribution in [0.15, 0.2) is 71.7 Å². The molecule has 8 heteroatoms. The Balaban J connectivity index is 2.08. The Hall–Kier alpha value is -2.93. The molecular formula is C24H22Cl2N2O4. The Morgan fingerprint density at radius 3 is 2.41 bits per heavy atom. The van der Waals surface area contributed by atoms with Crippen molar-refractivity contribution in [2.24, 2.45) is 0 Å². The van der Waals surface area contributed by atoms with Crippen LogP contribution in [0.3, 0.4) is 0 Å². The van der Waals surface area contributed by atoms with Crippen molar-refractivity contribution in [1.82, 2.24) is 9.47 Å². The monoisotopic (exact) mass is 472 g/mol. The molecule has 32 heavy (non-hydrogen) atoms. The number of aliphatic hydroxyl groups is 1. The van der Waals surface area contributed by atoms with Crippen molar-refractivity contribution in [2.75, 3.05) is 13.2 Å². The summed E-state index contributed by atoms with van der Waals surface area (Å²) in [5.74, 6) is -1.26. The summed E-state index contributed by atoms with van der Waals surface area (Å²) >= 11 is 12.2. The van der Waals surface area contributed by atoms with Gasteiger partial charge in [0, 0.05) is 35.9 Å². The fourth-order valence-electron chi connectivity index (χ4n) is 3.36. The predicted molar refractivity (Wildman–Crippen MR) is 124 cm³/mol. The fourth-order valence-corrected chi connectivity index (χ4v) is 3.86. The van der Waals surface area contributed by atoms with E-state index >= 15 is 0 Å². The highest BCUT2D eigenvalue weighted by molar-refractivity contribution is 6.37. The number of halogens is 2. The molecule has 1 heterocycles. The number of ketones is 1. The van der Waals surface area contributed by atoms with Crippen molar-refractivity contribution in [3.8, 4) is 0 Å². The highest BCUT2D eigenvalue weighted by Crippen LogP contribution is 2.26. The third-order valence-corrected chi connectivity index (χ3v) is 5.51. The van der Waals surface area contributed by atoms with Crippen LogP contribution >= 0.6 is 23.2 Å². The SMILES string of the molecule is Cc1ccn([C@@H](C(=O)c2ccc(Cl)cc2Cl)C(=O)N(CCO)Cc2ccccc2)c(=O)c1. The second-order valence-electron chi connectivity index (χ2n) is 7.31. The molecule has 0 spiro atoms. The number of carbonyl (C=O) groups is 2. The highest BCUT2D eigenvalue weighted by atomic mass is 35.5. The van der Waals surface area contributed by atoms with Gasteiger partial charge in [-0.25, -0.2) is 0 Å². The van der Waals surface area contributed by atoms with E-state index in [1.807, 2.05) is 30.3 Å². The molecule has 1 amide bonds. The summed E-state index contributed by atoms with van der Waals surface area (Å²) in [5, 5.41) is 9.98. The third-order valence-electron chi connectivity index (χ3n) is 4.96. The largest absolute Gasteiger partial charge is 0.395 e. The molecule has 0 unspecified atom stereocenters. The van der Waals surface area contributed by atoms with E-state index in [0.717, 1.165) is 10.1 Å². The van der Waals surface area contributed by atoms with Crippen LogP contribution in [0.2, 0.25) is 10.0 Å². The molecule has 0 aliphatic heterocycles. The average Bonchev–Trinajstić information content (AvgIpc) is 2.75. The molecule has 6 nitrogen and oxygen atoms in total. The molecule has 3 aromatic rings. The number of pyridine rings is 1. The van der Waals surface area contributed by atoms with Crippen LogP contribution in [0, 0.1) is 6.92 Å². The number of rotatable bonds is 8. The minimum absolute atomic E-state index is 0.00747. The van der Waals surface area contributed by atoms with E-state index in [9.17, 15) is 19.5 Å². The molecule has 0 saturated carbocycles. The molecule has 0 bridgehead atoms. The van der Waals surface area contributed by atoms with Gasteiger partial charge in [-0.05, 0) is 42.3 Å². The molecule has 0 fully saturated rings. The fraction of sp³-hybridized carbons (Fsp3) is 0.208. The van der Waals surface area contributed by atoms with Gasteiger partial charge < -0.3 is 10.0 Å². The normalized spacial score (nSPS) is 11.8. The number of amides is 1. The Kier molecular flexibility index (Phi) is 7.85. The van der Waals surface area contributed by atoms with Gasteiger partial charge in [0.25, 0.3) is 11.5 Å². The first-order valence-corrected chi connectivity index (χ1v) is 10.7.